The van der Waals surface area contributed by atoms with Crippen LogP contribution in [0.3, 0.4) is 0 Å². The third-order valence-electron chi connectivity index (χ3n) is 3.35. The van der Waals surface area contributed by atoms with Crippen molar-refractivity contribution in [3.05, 3.63) is 23.8 Å². The summed E-state index contributed by atoms with van der Waals surface area (Å²) in [5.41, 5.74) is 2.11. The maximum atomic E-state index is 2.39. The Morgan fingerprint density at radius 3 is 2.42 bits per heavy atom. The second kappa shape index (κ2) is 3.93. The Balaban J connectivity index is 2.77. The van der Waals surface area contributed by atoms with Gasteiger partial charge in [0.15, 0.2) is 0 Å². The second-order valence-corrected chi connectivity index (χ2v) is 3.93. The summed E-state index contributed by atoms with van der Waals surface area (Å²) in [5.74, 6) is 0. The van der Waals surface area contributed by atoms with Crippen LogP contribution in [-0.4, -0.2) is 0 Å². The molecular formula is C12H20. The number of rotatable bonds is 3. The van der Waals surface area contributed by atoms with E-state index in [1.807, 2.05) is 0 Å². The normalized spacial score (nSPS) is 17.8. The van der Waals surface area contributed by atoms with Crippen molar-refractivity contribution in [1.82, 2.24) is 0 Å². The van der Waals surface area contributed by atoms with Gasteiger partial charge < -0.3 is 0 Å². The highest BCUT2D eigenvalue weighted by Gasteiger charge is 2.24. The molecule has 0 amide bonds. The van der Waals surface area contributed by atoms with Crippen LogP contribution in [-0.2, 0) is 0 Å². The molecule has 0 aliphatic heterocycles. The van der Waals surface area contributed by atoms with Crippen LogP contribution in [0.15, 0.2) is 23.8 Å². The van der Waals surface area contributed by atoms with Gasteiger partial charge in [0.25, 0.3) is 0 Å². The lowest BCUT2D eigenvalue weighted by molar-refractivity contribution is 0.355. The van der Waals surface area contributed by atoms with Gasteiger partial charge in [-0.2, -0.15) is 0 Å². The second-order valence-electron chi connectivity index (χ2n) is 3.93. The molecule has 0 radical (unpaired) electrons. The third kappa shape index (κ3) is 1.80. The van der Waals surface area contributed by atoms with E-state index in [4.69, 9.17) is 0 Å². The first-order valence-corrected chi connectivity index (χ1v) is 5.09. The van der Waals surface area contributed by atoms with Crippen molar-refractivity contribution in [2.24, 2.45) is 5.41 Å². The van der Waals surface area contributed by atoms with Gasteiger partial charge in [-0.05, 0) is 31.1 Å². The van der Waals surface area contributed by atoms with Crippen molar-refractivity contribution in [3.63, 3.8) is 0 Å². The zero-order valence-corrected chi connectivity index (χ0v) is 8.56. The highest BCUT2D eigenvalue weighted by Crippen LogP contribution is 2.38. The maximum absolute atomic E-state index is 2.39. The van der Waals surface area contributed by atoms with Crippen LogP contribution in [0.5, 0.6) is 0 Å². The Bertz CT molecular complexity index is 192. The van der Waals surface area contributed by atoms with Gasteiger partial charge in [-0.25, -0.2) is 0 Å². The molecule has 0 fully saturated rings. The van der Waals surface area contributed by atoms with Crippen LogP contribution in [0.2, 0.25) is 0 Å². The highest BCUT2D eigenvalue weighted by atomic mass is 14.3. The van der Waals surface area contributed by atoms with Crippen LogP contribution >= 0.6 is 0 Å². The van der Waals surface area contributed by atoms with E-state index in [1.54, 1.807) is 5.57 Å². The first-order chi connectivity index (χ1) is 5.73. The standard InChI is InChI=1S/C12H20/c1-4-12(3,5-2)11-9-7-6-8-10-11/h6-7,9H,4-5,8,10H2,1-3H3. The topological polar surface area (TPSA) is 0 Å². The van der Waals surface area contributed by atoms with Crippen LogP contribution in [0.25, 0.3) is 0 Å². The first-order valence-electron chi connectivity index (χ1n) is 5.09. The minimum atomic E-state index is 0.463. The monoisotopic (exact) mass is 164 g/mol. The summed E-state index contributed by atoms with van der Waals surface area (Å²) in [4.78, 5) is 0. The van der Waals surface area contributed by atoms with Crippen molar-refractivity contribution in [2.45, 2.75) is 46.5 Å². The van der Waals surface area contributed by atoms with Gasteiger partial charge in [0.2, 0.25) is 0 Å². The van der Waals surface area contributed by atoms with Crippen molar-refractivity contribution < 1.29 is 0 Å². The summed E-state index contributed by atoms with van der Waals surface area (Å²) in [7, 11) is 0. The largest absolute Gasteiger partial charge is 0.0842 e. The van der Waals surface area contributed by atoms with Gasteiger partial charge in [0, 0.05) is 0 Å². The van der Waals surface area contributed by atoms with Crippen LogP contribution in [0, 0.1) is 5.41 Å². The van der Waals surface area contributed by atoms with Crippen LogP contribution < -0.4 is 0 Å². The van der Waals surface area contributed by atoms with Gasteiger partial charge in [0.05, 0.1) is 0 Å². The molecule has 1 rings (SSSR count). The Kier molecular flexibility index (Phi) is 3.13. The quantitative estimate of drug-likeness (QED) is 0.589. The molecule has 0 aromatic rings. The molecule has 0 nitrogen and oxygen atoms in total. The molecule has 0 spiro atoms. The number of hydrogen-bond donors (Lipinski definition) is 0. The smallest absolute Gasteiger partial charge is 0.0118 e. The minimum Gasteiger partial charge on any atom is -0.0842 e. The predicted molar refractivity (Wildman–Crippen MR) is 55.1 cm³/mol. The lowest BCUT2D eigenvalue weighted by atomic mass is 9.74. The lowest BCUT2D eigenvalue weighted by Gasteiger charge is -2.31. The predicted octanol–water partition coefficient (Wildman–Crippen LogP) is 4.09. The van der Waals surface area contributed by atoms with Crippen molar-refractivity contribution in [2.75, 3.05) is 0 Å². The number of hydrogen-bond acceptors (Lipinski definition) is 0. The molecule has 1 aliphatic carbocycles. The molecule has 0 unspecified atom stereocenters. The van der Waals surface area contributed by atoms with Gasteiger partial charge in [-0.3, -0.25) is 0 Å². The SMILES string of the molecule is CCC(C)(CC)C1=CC=CCC1. The Labute approximate surface area is 76.4 Å². The fourth-order valence-electron chi connectivity index (χ4n) is 1.81. The van der Waals surface area contributed by atoms with Crippen LogP contribution in [0.1, 0.15) is 46.5 Å². The van der Waals surface area contributed by atoms with Crippen molar-refractivity contribution in [3.8, 4) is 0 Å². The molecule has 12 heavy (non-hydrogen) atoms. The van der Waals surface area contributed by atoms with Gasteiger partial charge >= 0.3 is 0 Å². The van der Waals surface area contributed by atoms with E-state index in [1.165, 1.54) is 25.7 Å². The van der Waals surface area contributed by atoms with E-state index >= 15 is 0 Å². The Morgan fingerprint density at radius 2 is 2.00 bits per heavy atom. The fraction of sp³-hybridized carbons (Fsp3) is 0.667. The Morgan fingerprint density at radius 1 is 1.33 bits per heavy atom. The molecule has 68 valence electrons. The third-order valence-corrected chi connectivity index (χ3v) is 3.35. The van der Waals surface area contributed by atoms with E-state index in [2.05, 4.69) is 39.0 Å². The summed E-state index contributed by atoms with van der Waals surface area (Å²) < 4.78 is 0. The summed E-state index contributed by atoms with van der Waals surface area (Å²) in [6, 6.07) is 0. The van der Waals surface area contributed by atoms with E-state index in [0.717, 1.165) is 0 Å². The fourth-order valence-corrected chi connectivity index (χ4v) is 1.81. The van der Waals surface area contributed by atoms with Crippen molar-refractivity contribution in [1.29, 1.82) is 0 Å². The van der Waals surface area contributed by atoms with Gasteiger partial charge in [-0.1, -0.05) is 44.6 Å². The molecule has 0 heteroatoms. The molecular weight excluding hydrogens is 144 g/mol. The van der Waals surface area contributed by atoms with E-state index in [0.29, 0.717) is 5.41 Å². The molecule has 0 N–H and O–H groups in total. The average molecular weight is 164 g/mol. The summed E-state index contributed by atoms with van der Waals surface area (Å²) in [6.07, 6.45) is 11.8. The van der Waals surface area contributed by atoms with E-state index < -0.39 is 0 Å². The van der Waals surface area contributed by atoms with E-state index in [-0.39, 0.29) is 0 Å². The highest BCUT2D eigenvalue weighted by molar-refractivity contribution is 5.23. The molecule has 0 bridgehead atoms. The summed E-state index contributed by atoms with van der Waals surface area (Å²) in [5, 5.41) is 0. The average Bonchev–Trinajstić information content (AvgIpc) is 2.18. The number of allylic oxidation sites excluding steroid dienone is 4. The molecule has 0 aromatic heterocycles. The van der Waals surface area contributed by atoms with Gasteiger partial charge in [-0.15, -0.1) is 0 Å². The first kappa shape index (κ1) is 9.57. The molecule has 0 aromatic carbocycles. The van der Waals surface area contributed by atoms with Crippen molar-refractivity contribution >= 4 is 0 Å². The Hall–Kier alpha value is -0.520. The lowest BCUT2D eigenvalue weighted by Crippen LogP contribution is -2.17. The zero-order chi connectivity index (χ0) is 9.03. The molecule has 0 saturated carbocycles. The van der Waals surface area contributed by atoms with Gasteiger partial charge in [0.1, 0.15) is 0 Å². The summed E-state index contributed by atoms with van der Waals surface area (Å²) >= 11 is 0. The molecule has 1 aliphatic rings. The molecule has 0 heterocycles. The zero-order valence-electron chi connectivity index (χ0n) is 8.56. The van der Waals surface area contributed by atoms with Crippen LogP contribution in [0.4, 0.5) is 0 Å². The minimum absolute atomic E-state index is 0.463. The molecule has 0 saturated heterocycles. The summed E-state index contributed by atoms with van der Waals surface area (Å²) in [6.45, 7) is 6.98. The van der Waals surface area contributed by atoms with E-state index in [9.17, 15) is 0 Å². The maximum Gasteiger partial charge on any atom is -0.0118 e. The molecule has 0 atom stereocenters.